The highest BCUT2D eigenvalue weighted by molar-refractivity contribution is 5.74. The second kappa shape index (κ2) is 14.0. The molecule has 0 bridgehead atoms. The summed E-state index contributed by atoms with van der Waals surface area (Å²) in [5, 5.41) is 3.23. The topological polar surface area (TPSA) is 54.0 Å². The molecule has 208 valence electrons. The fourth-order valence-corrected chi connectivity index (χ4v) is 4.52. The van der Waals surface area contributed by atoms with Crippen LogP contribution in [0.5, 0.6) is 11.5 Å². The Morgan fingerprint density at radius 3 is 2.38 bits per heavy atom. The average Bonchev–Trinajstić information content (AvgIpc) is 2.94. The van der Waals surface area contributed by atoms with Gasteiger partial charge in [-0.1, -0.05) is 56.3 Å². The van der Waals surface area contributed by atoms with Crippen LogP contribution in [0.25, 0.3) is 0 Å². The molecular weight excluding hydrogens is 493 g/mol. The molecule has 0 spiro atoms. The molecule has 1 heterocycles. The molecule has 3 aromatic rings. The third-order valence-electron chi connectivity index (χ3n) is 6.84. The Bertz CT molecular complexity index is 1180. The molecule has 0 atom stereocenters. The highest BCUT2D eigenvalue weighted by Gasteiger charge is 2.23. The number of benzene rings is 3. The van der Waals surface area contributed by atoms with Crippen molar-refractivity contribution in [3.63, 3.8) is 0 Å². The fraction of sp³-hybridized carbons (Fsp3) is 0.406. The molecule has 1 saturated heterocycles. The van der Waals surface area contributed by atoms with Crippen LogP contribution in [-0.2, 0) is 19.7 Å². The van der Waals surface area contributed by atoms with Crippen molar-refractivity contribution in [1.29, 1.82) is 0 Å². The molecular formula is C32H40FN3O3. The van der Waals surface area contributed by atoms with Gasteiger partial charge in [0.25, 0.3) is 0 Å². The fourth-order valence-electron chi connectivity index (χ4n) is 4.52. The van der Waals surface area contributed by atoms with Gasteiger partial charge in [-0.2, -0.15) is 0 Å². The quantitative estimate of drug-likeness (QED) is 0.317. The maximum Gasteiger partial charge on any atom is 0.318 e. The third-order valence-corrected chi connectivity index (χ3v) is 6.84. The van der Waals surface area contributed by atoms with Gasteiger partial charge >= 0.3 is 6.03 Å². The molecule has 2 amide bonds. The van der Waals surface area contributed by atoms with Crippen LogP contribution in [0, 0.1) is 11.7 Å². The smallest absolute Gasteiger partial charge is 0.318 e. The second-order valence-corrected chi connectivity index (χ2v) is 10.8. The molecule has 0 aliphatic carbocycles. The molecule has 0 saturated carbocycles. The molecule has 3 aromatic carbocycles. The number of hydrogen-bond donors (Lipinski definition) is 1. The minimum absolute atomic E-state index is 0.130. The number of hydrogen-bond acceptors (Lipinski definition) is 4. The summed E-state index contributed by atoms with van der Waals surface area (Å²) in [6, 6.07) is 22.1. The maximum absolute atomic E-state index is 13.6. The number of halogens is 1. The van der Waals surface area contributed by atoms with E-state index in [0.717, 1.165) is 48.4 Å². The van der Waals surface area contributed by atoms with Gasteiger partial charge in [0.05, 0.1) is 13.2 Å². The van der Waals surface area contributed by atoms with E-state index in [1.165, 1.54) is 12.1 Å². The normalized spacial score (nSPS) is 14.3. The predicted octanol–water partition coefficient (Wildman–Crippen LogP) is 6.25. The molecule has 7 heteroatoms. The lowest BCUT2D eigenvalue weighted by Gasteiger charge is -2.32. The highest BCUT2D eigenvalue weighted by Crippen LogP contribution is 2.28. The van der Waals surface area contributed by atoms with Gasteiger partial charge in [-0.15, -0.1) is 0 Å². The van der Waals surface area contributed by atoms with Gasteiger partial charge in [-0.05, 0) is 74.3 Å². The SMILES string of the molecule is CC(C)COc1ccc(CN(Cc2ccc(F)cc2)C(=O)NC2CCN(C)CC2)c(OCc2ccccc2)c1. The molecule has 1 N–H and O–H groups in total. The number of carbonyl (C=O) groups excluding carboxylic acids is 1. The molecule has 4 rings (SSSR count). The van der Waals surface area contributed by atoms with Gasteiger partial charge in [0.1, 0.15) is 23.9 Å². The zero-order chi connectivity index (χ0) is 27.6. The Hall–Kier alpha value is -3.58. The highest BCUT2D eigenvalue weighted by atomic mass is 19.1. The molecule has 0 unspecified atom stereocenters. The summed E-state index contributed by atoms with van der Waals surface area (Å²) < 4.78 is 25.8. The summed E-state index contributed by atoms with van der Waals surface area (Å²) in [6.07, 6.45) is 1.83. The van der Waals surface area contributed by atoms with Crippen molar-refractivity contribution in [2.45, 2.75) is 52.4 Å². The van der Waals surface area contributed by atoms with Gasteiger partial charge in [0, 0.05) is 24.2 Å². The average molecular weight is 534 g/mol. The zero-order valence-corrected chi connectivity index (χ0v) is 23.2. The molecule has 1 fully saturated rings. The van der Waals surface area contributed by atoms with Crippen molar-refractivity contribution >= 4 is 6.03 Å². The van der Waals surface area contributed by atoms with Gasteiger partial charge in [-0.25, -0.2) is 9.18 Å². The van der Waals surface area contributed by atoms with Crippen LogP contribution in [0.2, 0.25) is 0 Å². The summed E-state index contributed by atoms with van der Waals surface area (Å²) in [5.74, 6) is 1.51. The summed E-state index contributed by atoms with van der Waals surface area (Å²) in [7, 11) is 2.10. The molecule has 1 aliphatic rings. The molecule has 1 aliphatic heterocycles. The Balaban J connectivity index is 1.56. The van der Waals surface area contributed by atoms with Crippen LogP contribution in [0.15, 0.2) is 72.8 Å². The Kier molecular flexibility index (Phi) is 10.2. The number of rotatable bonds is 11. The standard InChI is InChI=1S/C32H40FN3O3/c1-24(2)22-38-30-14-11-27(31(19-30)39-23-26-7-5-4-6-8-26)21-36(20-25-9-12-28(33)13-10-25)32(37)34-29-15-17-35(3)18-16-29/h4-14,19,24,29H,15-18,20-23H2,1-3H3,(H,34,37). The molecule has 0 aromatic heterocycles. The van der Waals surface area contributed by atoms with E-state index in [1.807, 2.05) is 48.5 Å². The summed E-state index contributed by atoms with van der Waals surface area (Å²) in [4.78, 5) is 17.6. The van der Waals surface area contributed by atoms with Crippen molar-refractivity contribution in [2.75, 3.05) is 26.7 Å². The first-order valence-corrected chi connectivity index (χ1v) is 13.8. The Morgan fingerprint density at radius 2 is 1.69 bits per heavy atom. The Labute approximate surface area is 231 Å². The van der Waals surface area contributed by atoms with Crippen LogP contribution in [0.3, 0.4) is 0 Å². The lowest BCUT2D eigenvalue weighted by molar-refractivity contribution is 0.175. The minimum atomic E-state index is -0.297. The van der Waals surface area contributed by atoms with Gasteiger partial charge in [-0.3, -0.25) is 0 Å². The van der Waals surface area contributed by atoms with Gasteiger partial charge < -0.3 is 24.6 Å². The number of carbonyl (C=O) groups is 1. The summed E-state index contributed by atoms with van der Waals surface area (Å²) in [5.41, 5.74) is 2.79. The van der Waals surface area contributed by atoms with E-state index in [1.54, 1.807) is 17.0 Å². The van der Waals surface area contributed by atoms with E-state index in [9.17, 15) is 9.18 Å². The van der Waals surface area contributed by atoms with Crippen molar-refractivity contribution in [3.8, 4) is 11.5 Å². The monoisotopic (exact) mass is 533 g/mol. The zero-order valence-electron chi connectivity index (χ0n) is 23.2. The number of urea groups is 1. The number of piperidine rings is 1. The second-order valence-electron chi connectivity index (χ2n) is 10.8. The summed E-state index contributed by atoms with van der Waals surface area (Å²) in [6.45, 7) is 7.83. The largest absolute Gasteiger partial charge is 0.493 e. The lowest BCUT2D eigenvalue weighted by Crippen LogP contribution is -2.48. The van der Waals surface area contributed by atoms with Crippen LogP contribution >= 0.6 is 0 Å². The lowest BCUT2D eigenvalue weighted by atomic mass is 10.1. The number of nitrogens with zero attached hydrogens (tertiary/aromatic N) is 2. The van der Waals surface area contributed by atoms with E-state index < -0.39 is 0 Å². The molecule has 6 nitrogen and oxygen atoms in total. The molecule has 39 heavy (non-hydrogen) atoms. The summed E-state index contributed by atoms with van der Waals surface area (Å²) >= 11 is 0. The van der Waals surface area contributed by atoms with E-state index in [0.29, 0.717) is 38.0 Å². The van der Waals surface area contributed by atoms with Crippen molar-refractivity contribution in [2.24, 2.45) is 5.92 Å². The number of ether oxygens (including phenoxy) is 2. The third kappa shape index (κ3) is 8.99. The van der Waals surface area contributed by atoms with Crippen LogP contribution in [-0.4, -0.2) is 48.6 Å². The number of nitrogens with one attached hydrogen (secondary N) is 1. The van der Waals surface area contributed by atoms with Crippen LogP contribution < -0.4 is 14.8 Å². The first-order valence-electron chi connectivity index (χ1n) is 13.8. The van der Waals surface area contributed by atoms with E-state index in [-0.39, 0.29) is 17.9 Å². The maximum atomic E-state index is 13.6. The number of amides is 2. The van der Waals surface area contributed by atoms with Crippen molar-refractivity contribution in [1.82, 2.24) is 15.1 Å². The van der Waals surface area contributed by atoms with Crippen LogP contribution in [0.1, 0.15) is 43.4 Å². The number of likely N-dealkylation sites (tertiary alicyclic amines) is 1. The molecule has 0 radical (unpaired) electrons. The van der Waals surface area contributed by atoms with E-state index >= 15 is 0 Å². The predicted molar refractivity (Wildman–Crippen MR) is 152 cm³/mol. The van der Waals surface area contributed by atoms with Crippen molar-refractivity contribution in [3.05, 3.63) is 95.3 Å². The first kappa shape index (κ1) is 28.4. The van der Waals surface area contributed by atoms with E-state index in [2.05, 4.69) is 31.1 Å². The van der Waals surface area contributed by atoms with Crippen LogP contribution in [0.4, 0.5) is 9.18 Å². The minimum Gasteiger partial charge on any atom is -0.493 e. The van der Waals surface area contributed by atoms with Gasteiger partial charge in [0.2, 0.25) is 0 Å². The Morgan fingerprint density at radius 1 is 0.974 bits per heavy atom. The van der Waals surface area contributed by atoms with E-state index in [4.69, 9.17) is 9.47 Å². The first-order chi connectivity index (χ1) is 18.9. The van der Waals surface area contributed by atoms with Gasteiger partial charge in [0.15, 0.2) is 0 Å². The van der Waals surface area contributed by atoms with Crippen molar-refractivity contribution < 1.29 is 18.7 Å².